The molecule has 1 nitrogen and oxygen atoms in total. The summed E-state index contributed by atoms with van der Waals surface area (Å²) in [5.41, 5.74) is 2.80. The summed E-state index contributed by atoms with van der Waals surface area (Å²) in [6.45, 7) is 6.67. The van der Waals surface area contributed by atoms with E-state index in [4.69, 9.17) is 4.74 Å². The largest absolute Gasteiger partial charge is 0.369 e. The molecule has 1 aliphatic rings. The highest BCUT2D eigenvalue weighted by molar-refractivity contribution is 9.10. The lowest BCUT2D eigenvalue weighted by Crippen LogP contribution is -2.10. The Balaban J connectivity index is 2.01. The average Bonchev–Trinajstić information content (AvgIpc) is 3.04. The van der Waals surface area contributed by atoms with Crippen LogP contribution in [-0.2, 0) is 11.2 Å². The van der Waals surface area contributed by atoms with Crippen LogP contribution < -0.4 is 0 Å². The highest BCUT2D eigenvalue weighted by atomic mass is 79.9. The van der Waals surface area contributed by atoms with Crippen molar-refractivity contribution >= 4 is 15.9 Å². The molecule has 1 fully saturated rings. The van der Waals surface area contributed by atoms with Gasteiger partial charge in [0.1, 0.15) is 0 Å². The molecule has 1 aromatic carbocycles. The molecule has 0 aromatic heterocycles. The fraction of sp³-hybridized carbons (Fsp3) is 0.571. The van der Waals surface area contributed by atoms with Crippen molar-refractivity contribution in [2.45, 2.75) is 45.8 Å². The van der Waals surface area contributed by atoms with E-state index in [0.29, 0.717) is 18.1 Å². The number of hydrogen-bond donors (Lipinski definition) is 0. The Hall–Kier alpha value is -0.340. The molecular formula is C14H19BrO. The van der Waals surface area contributed by atoms with Crippen molar-refractivity contribution in [1.29, 1.82) is 0 Å². The Morgan fingerprint density at radius 3 is 2.81 bits per heavy atom. The van der Waals surface area contributed by atoms with E-state index < -0.39 is 0 Å². The molecule has 3 unspecified atom stereocenters. The zero-order valence-electron chi connectivity index (χ0n) is 10.2. The van der Waals surface area contributed by atoms with Crippen LogP contribution in [0.1, 0.15) is 31.4 Å². The summed E-state index contributed by atoms with van der Waals surface area (Å²) in [6, 6.07) is 6.44. The van der Waals surface area contributed by atoms with E-state index in [1.165, 1.54) is 15.6 Å². The Morgan fingerprint density at radius 1 is 1.44 bits per heavy atom. The van der Waals surface area contributed by atoms with Crippen LogP contribution >= 0.6 is 15.9 Å². The van der Waals surface area contributed by atoms with Crippen LogP contribution in [0.25, 0.3) is 0 Å². The van der Waals surface area contributed by atoms with Gasteiger partial charge in [-0.25, -0.2) is 0 Å². The van der Waals surface area contributed by atoms with Gasteiger partial charge in [0.05, 0.1) is 12.2 Å². The molecule has 0 N–H and O–H groups in total. The Bertz CT molecular complexity index is 375. The first-order valence-corrected chi connectivity index (χ1v) is 6.82. The molecule has 0 amide bonds. The molecule has 2 heteroatoms. The van der Waals surface area contributed by atoms with E-state index >= 15 is 0 Å². The summed E-state index contributed by atoms with van der Waals surface area (Å²) in [5, 5.41) is 0. The molecule has 1 aromatic rings. The molecule has 16 heavy (non-hydrogen) atoms. The molecule has 0 spiro atoms. The van der Waals surface area contributed by atoms with Gasteiger partial charge in [-0.1, -0.05) is 41.9 Å². The average molecular weight is 283 g/mol. The number of benzene rings is 1. The first-order chi connectivity index (χ1) is 7.63. The maximum absolute atomic E-state index is 5.66. The molecule has 1 aliphatic heterocycles. The van der Waals surface area contributed by atoms with Crippen molar-refractivity contribution in [3.05, 3.63) is 33.8 Å². The van der Waals surface area contributed by atoms with Crippen LogP contribution in [0, 0.1) is 12.8 Å². The third kappa shape index (κ3) is 2.49. The second-order valence-electron chi connectivity index (χ2n) is 4.75. The van der Waals surface area contributed by atoms with Gasteiger partial charge in [0.2, 0.25) is 0 Å². The van der Waals surface area contributed by atoms with Crippen molar-refractivity contribution in [3.63, 3.8) is 0 Å². The molecule has 0 radical (unpaired) electrons. The lowest BCUT2D eigenvalue weighted by Gasteiger charge is -2.12. The van der Waals surface area contributed by atoms with Crippen molar-refractivity contribution in [1.82, 2.24) is 0 Å². The molecule has 3 atom stereocenters. The SMILES string of the molecule is CCC1OC1C(C)Cc1cccc(Br)c1C. The molecule has 1 saturated heterocycles. The summed E-state index contributed by atoms with van der Waals surface area (Å²) in [5.74, 6) is 0.623. The van der Waals surface area contributed by atoms with E-state index in [9.17, 15) is 0 Å². The molecule has 1 heterocycles. The summed E-state index contributed by atoms with van der Waals surface area (Å²) < 4.78 is 6.87. The zero-order valence-corrected chi connectivity index (χ0v) is 11.8. The monoisotopic (exact) mass is 282 g/mol. The normalized spacial score (nSPS) is 25.5. The van der Waals surface area contributed by atoms with Crippen LogP contribution in [0.3, 0.4) is 0 Å². The molecule has 0 bridgehead atoms. The fourth-order valence-electron chi connectivity index (χ4n) is 2.32. The zero-order chi connectivity index (χ0) is 11.7. The predicted molar refractivity (Wildman–Crippen MR) is 70.7 cm³/mol. The Labute approximate surface area is 106 Å². The summed E-state index contributed by atoms with van der Waals surface area (Å²) in [6.07, 6.45) is 3.27. The van der Waals surface area contributed by atoms with Crippen molar-refractivity contribution in [3.8, 4) is 0 Å². The van der Waals surface area contributed by atoms with Gasteiger partial charge < -0.3 is 4.74 Å². The fourth-order valence-corrected chi connectivity index (χ4v) is 2.73. The third-order valence-corrected chi connectivity index (χ3v) is 4.37. The number of epoxide rings is 1. The number of hydrogen-bond acceptors (Lipinski definition) is 1. The minimum atomic E-state index is 0.489. The third-order valence-electron chi connectivity index (χ3n) is 3.51. The van der Waals surface area contributed by atoms with Gasteiger partial charge in [-0.2, -0.15) is 0 Å². The molecule has 0 aliphatic carbocycles. The lowest BCUT2D eigenvalue weighted by atomic mass is 9.93. The Kier molecular flexibility index (Phi) is 3.70. The first-order valence-electron chi connectivity index (χ1n) is 6.03. The van der Waals surface area contributed by atoms with Gasteiger partial charge in [-0.15, -0.1) is 0 Å². The summed E-state index contributed by atoms with van der Waals surface area (Å²) in [4.78, 5) is 0. The van der Waals surface area contributed by atoms with Gasteiger partial charge in [0, 0.05) is 4.47 Å². The highest BCUT2D eigenvalue weighted by Crippen LogP contribution is 2.34. The van der Waals surface area contributed by atoms with Crippen molar-refractivity contribution in [2.24, 2.45) is 5.92 Å². The van der Waals surface area contributed by atoms with Crippen LogP contribution in [0.4, 0.5) is 0 Å². The van der Waals surface area contributed by atoms with E-state index in [0.717, 1.165) is 12.8 Å². The van der Waals surface area contributed by atoms with E-state index in [2.05, 4.69) is 54.9 Å². The van der Waals surface area contributed by atoms with Gasteiger partial charge in [0.25, 0.3) is 0 Å². The topological polar surface area (TPSA) is 12.5 Å². The molecule has 0 saturated carbocycles. The van der Waals surface area contributed by atoms with E-state index in [-0.39, 0.29) is 0 Å². The molecule has 2 rings (SSSR count). The maximum Gasteiger partial charge on any atom is 0.0870 e. The quantitative estimate of drug-likeness (QED) is 0.757. The Morgan fingerprint density at radius 2 is 2.19 bits per heavy atom. The van der Waals surface area contributed by atoms with Crippen LogP contribution in [0.5, 0.6) is 0 Å². The second kappa shape index (κ2) is 4.89. The van der Waals surface area contributed by atoms with Gasteiger partial charge in [-0.05, 0) is 42.9 Å². The summed E-state index contributed by atoms with van der Waals surface area (Å²) >= 11 is 3.58. The summed E-state index contributed by atoms with van der Waals surface area (Å²) in [7, 11) is 0. The minimum Gasteiger partial charge on any atom is -0.369 e. The second-order valence-corrected chi connectivity index (χ2v) is 5.61. The standard InChI is InChI=1S/C14H19BrO/c1-4-13-14(16-13)9(2)8-11-6-5-7-12(15)10(11)3/h5-7,9,13-14H,4,8H2,1-3H3. The molecule has 88 valence electrons. The van der Waals surface area contributed by atoms with E-state index in [1.54, 1.807) is 0 Å². The highest BCUT2D eigenvalue weighted by Gasteiger charge is 2.41. The number of rotatable bonds is 4. The van der Waals surface area contributed by atoms with E-state index in [1.807, 2.05) is 0 Å². The minimum absolute atomic E-state index is 0.489. The number of ether oxygens (including phenoxy) is 1. The predicted octanol–water partition coefficient (Wildman–Crippen LogP) is 4.11. The van der Waals surface area contributed by atoms with Crippen molar-refractivity contribution in [2.75, 3.05) is 0 Å². The van der Waals surface area contributed by atoms with Crippen LogP contribution in [-0.4, -0.2) is 12.2 Å². The smallest absolute Gasteiger partial charge is 0.0870 e. The maximum atomic E-state index is 5.66. The van der Waals surface area contributed by atoms with Crippen LogP contribution in [0.2, 0.25) is 0 Å². The first kappa shape index (κ1) is 12.1. The van der Waals surface area contributed by atoms with Gasteiger partial charge >= 0.3 is 0 Å². The van der Waals surface area contributed by atoms with Gasteiger partial charge in [-0.3, -0.25) is 0 Å². The van der Waals surface area contributed by atoms with Crippen LogP contribution in [0.15, 0.2) is 22.7 Å². The van der Waals surface area contributed by atoms with Gasteiger partial charge in [0.15, 0.2) is 0 Å². The lowest BCUT2D eigenvalue weighted by molar-refractivity contribution is 0.322. The van der Waals surface area contributed by atoms with Crippen molar-refractivity contribution < 1.29 is 4.74 Å². The number of halogens is 1. The molecular weight excluding hydrogens is 264 g/mol.